The lowest BCUT2D eigenvalue weighted by Crippen LogP contribution is -2.03. The molecule has 2 heterocycles. The maximum atomic E-state index is 10.4. The summed E-state index contributed by atoms with van der Waals surface area (Å²) in [6, 6.07) is 9.25. The lowest BCUT2D eigenvalue weighted by atomic mass is 9.98. The van der Waals surface area contributed by atoms with Gasteiger partial charge in [0.05, 0.1) is 18.7 Å². The number of H-pyrrole nitrogens is 1. The van der Waals surface area contributed by atoms with Crippen molar-refractivity contribution in [2.45, 2.75) is 32.7 Å². The van der Waals surface area contributed by atoms with Crippen LogP contribution in [0.3, 0.4) is 0 Å². The first-order valence-corrected chi connectivity index (χ1v) is 9.31. The standard InChI is InChI=1S/C20H21N3O3S/c1-11(2)14-8-15(17(25)9-16(14)24)19-21-22-20(27)23(19)10-12-3-4-18-13(7-12)5-6-26-18/h3-4,7-9,11,24-25H,5-6,10H2,1-2H3,(H,22,27). The van der Waals surface area contributed by atoms with E-state index in [0.717, 1.165) is 23.3 Å². The third-order valence-corrected chi connectivity index (χ3v) is 5.17. The number of phenols is 2. The predicted molar refractivity (Wildman–Crippen MR) is 105 cm³/mol. The zero-order chi connectivity index (χ0) is 19.1. The van der Waals surface area contributed by atoms with Crippen LogP contribution in [0.5, 0.6) is 17.2 Å². The largest absolute Gasteiger partial charge is 0.508 e. The Hall–Kier alpha value is -2.80. The van der Waals surface area contributed by atoms with Gasteiger partial charge in [-0.15, -0.1) is 0 Å². The van der Waals surface area contributed by atoms with E-state index < -0.39 is 0 Å². The highest BCUT2D eigenvalue weighted by molar-refractivity contribution is 7.71. The van der Waals surface area contributed by atoms with Crippen molar-refractivity contribution >= 4 is 12.2 Å². The van der Waals surface area contributed by atoms with Gasteiger partial charge in [0, 0.05) is 12.5 Å². The third-order valence-electron chi connectivity index (χ3n) is 4.86. The van der Waals surface area contributed by atoms with E-state index in [9.17, 15) is 10.2 Å². The normalized spacial score (nSPS) is 13.0. The molecule has 4 rings (SSSR count). The van der Waals surface area contributed by atoms with E-state index in [4.69, 9.17) is 17.0 Å². The summed E-state index contributed by atoms with van der Waals surface area (Å²) in [4.78, 5) is 0. The van der Waals surface area contributed by atoms with E-state index in [1.165, 1.54) is 11.6 Å². The molecule has 0 spiro atoms. The summed E-state index contributed by atoms with van der Waals surface area (Å²) in [5.41, 5.74) is 3.56. The molecule has 1 aromatic heterocycles. The number of nitrogens with one attached hydrogen (secondary N) is 1. The molecule has 0 atom stereocenters. The highest BCUT2D eigenvalue weighted by Crippen LogP contribution is 2.37. The van der Waals surface area contributed by atoms with Gasteiger partial charge in [-0.2, -0.15) is 5.10 Å². The van der Waals surface area contributed by atoms with E-state index in [-0.39, 0.29) is 17.4 Å². The molecule has 0 fully saturated rings. The van der Waals surface area contributed by atoms with Crippen LogP contribution >= 0.6 is 12.2 Å². The zero-order valence-electron chi connectivity index (χ0n) is 15.2. The molecule has 27 heavy (non-hydrogen) atoms. The summed E-state index contributed by atoms with van der Waals surface area (Å²) in [7, 11) is 0. The van der Waals surface area contributed by atoms with Crippen molar-refractivity contribution in [3.63, 3.8) is 0 Å². The quantitative estimate of drug-likeness (QED) is 0.590. The number of fused-ring (bicyclic) bond motifs is 1. The number of ether oxygens (including phenoxy) is 1. The van der Waals surface area contributed by atoms with Crippen LogP contribution in [0.25, 0.3) is 11.4 Å². The second-order valence-corrected chi connectivity index (χ2v) is 7.45. The Morgan fingerprint density at radius 3 is 2.81 bits per heavy atom. The van der Waals surface area contributed by atoms with Gasteiger partial charge in [0.1, 0.15) is 17.2 Å². The van der Waals surface area contributed by atoms with E-state index in [1.807, 2.05) is 30.5 Å². The second kappa shape index (κ2) is 6.74. The zero-order valence-corrected chi connectivity index (χ0v) is 16.0. The molecular weight excluding hydrogens is 362 g/mol. The number of nitrogens with zero attached hydrogens (tertiary/aromatic N) is 2. The molecule has 7 heteroatoms. The number of aromatic hydroxyl groups is 2. The molecule has 2 aromatic carbocycles. The van der Waals surface area contributed by atoms with E-state index >= 15 is 0 Å². The Morgan fingerprint density at radius 1 is 1.22 bits per heavy atom. The molecule has 0 bridgehead atoms. The molecule has 0 saturated heterocycles. The Morgan fingerprint density at radius 2 is 2.04 bits per heavy atom. The molecule has 3 N–H and O–H groups in total. The molecule has 0 amide bonds. The minimum Gasteiger partial charge on any atom is -0.508 e. The highest BCUT2D eigenvalue weighted by Gasteiger charge is 2.19. The van der Waals surface area contributed by atoms with Gasteiger partial charge >= 0.3 is 0 Å². The first kappa shape index (κ1) is 17.6. The van der Waals surface area contributed by atoms with Crippen molar-refractivity contribution in [2.75, 3.05) is 6.61 Å². The lowest BCUT2D eigenvalue weighted by Gasteiger charge is -2.13. The van der Waals surface area contributed by atoms with Gasteiger partial charge in [0.2, 0.25) is 0 Å². The van der Waals surface area contributed by atoms with Gasteiger partial charge in [0.15, 0.2) is 10.6 Å². The fourth-order valence-electron chi connectivity index (χ4n) is 3.43. The molecule has 1 aliphatic rings. The predicted octanol–water partition coefficient (Wildman–Crippen LogP) is 4.13. The summed E-state index contributed by atoms with van der Waals surface area (Å²) in [6.45, 7) is 5.21. The highest BCUT2D eigenvalue weighted by atomic mass is 32.1. The van der Waals surface area contributed by atoms with Crippen LogP contribution in [-0.4, -0.2) is 31.6 Å². The van der Waals surface area contributed by atoms with Gasteiger partial charge in [-0.1, -0.05) is 26.0 Å². The smallest absolute Gasteiger partial charge is 0.195 e. The Kier molecular flexibility index (Phi) is 4.39. The topological polar surface area (TPSA) is 83.3 Å². The Labute approximate surface area is 162 Å². The molecule has 0 radical (unpaired) electrons. The fraction of sp³-hybridized carbons (Fsp3) is 0.300. The molecule has 0 saturated carbocycles. The number of phenolic OH excluding ortho intramolecular Hbond substituents is 2. The van der Waals surface area contributed by atoms with Crippen LogP contribution in [0.4, 0.5) is 0 Å². The van der Waals surface area contributed by atoms with Crippen molar-refractivity contribution in [2.24, 2.45) is 0 Å². The summed E-state index contributed by atoms with van der Waals surface area (Å²) < 4.78 is 7.89. The minimum absolute atomic E-state index is 0.0329. The van der Waals surface area contributed by atoms with Crippen molar-refractivity contribution in [1.82, 2.24) is 14.8 Å². The average molecular weight is 383 g/mol. The first-order chi connectivity index (χ1) is 12.9. The van der Waals surface area contributed by atoms with Crippen molar-refractivity contribution in [3.05, 3.63) is 51.8 Å². The van der Waals surface area contributed by atoms with Gasteiger partial charge in [0.25, 0.3) is 0 Å². The molecular formula is C20H21N3O3S. The number of aromatic nitrogens is 3. The molecule has 140 valence electrons. The number of aromatic amines is 1. The van der Waals surface area contributed by atoms with E-state index in [0.29, 0.717) is 29.3 Å². The van der Waals surface area contributed by atoms with Crippen LogP contribution < -0.4 is 4.74 Å². The van der Waals surface area contributed by atoms with Crippen LogP contribution in [0.2, 0.25) is 0 Å². The molecule has 1 aliphatic heterocycles. The maximum Gasteiger partial charge on any atom is 0.195 e. The summed E-state index contributed by atoms with van der Waals surface area (Å²) in [5.74, 6) is 1.63. The SMILES string of the molecule is CC(C)c1cc(-c2n[nH]c(=S)n2Cc2ccc3c(c2)CCO3)c(O)cc1O. The molecule has 0 aliphatic carbocycles. The van der Waals surface area contributed by atoms with E-state index in [1.54, 1.807) is 6.07 Å². The Balaban J connectivity index is 1.77. The van der Waals surface area contributed by atoms with Crippen LogP contribution in [0.15, 0.2) is 30.3 Å². The molecule has 6 nitrogen and oxygen atoms in total. The molecule has 0 unspecified atom stereocenters. The van der Waals surface area contributed by atoms with Crippen LogP contribution in [0, 0.1) is 4.77 Å². The van der Waals surface area contributed by atoms with Gasteiger partial charge in [-0.05, 0) is 47.0 Å². The number of hydrogen-bond donors (Lipinski definition) is 3. The van der Waals surface area contributed by atoms with Gasteiger partial charge in [-0.25, -0.2) is 0 Å². The van der Waals surface area contributed by atoms with Crippen LogP contribution in [-0.2, 0) is 13.0 Å². The fourth-order valence-corrected chi connectivity index (χ4v) is 3.62. The van der Waals surface area contributed by atoms with Crippen molar-refractivity contribution < 1.29 is 14.9 Å². The van der Waals surface area contributed by atoms with Crippen molar-refractivity contribution in [3.8, 4) is 28.6 Å². The monoisotopic (exact) mass is 383 g/mol. The third kappa shape index (κ3) is 3.19. The summed E-state index contributed by atoms with van der Waals surface area (Å²) in [5, 5.41) is 27.6. The summed E-state index contributed by atoms with van der Waals surface area (Å²) >= 11 is 5.41. The lowest BCUT2D eigenvalue weighted by molar-refractivity contribution is 0.357. The number of benzene rings is 2. The minimum atomic E-state index is -0.0329. The Bertz CT molecular complexity index is 1070. The van der Waals surface area contributed by atoms with Gasteiger partial charge < -0.3 is 14.9 Å². The van der Waals surface area contributed by atoms with Crippen LogP contribution in [0.1, 0.15) is 36.5 Å². The number of rotatable bonds is 4. The summed E-state index contributed by atoms with van der Waals surface area (Å²) in [6.07, 6.45) is 0.906. The number of hydrogen-bond acceptors (Lipinski definition) is 5. The molecule has 3 aromatic rings. The first-order valence-electron chi connectivity index (χ1n) is 8.90. The van der Waals surface area contributed by atoms with E-state index in [2.05, 4.69) is 16.3 Å². The van der Waals surface area contributed by atoms with Gasteiger partial charge in [-0.3, -0.25) is 9.67 Å². The van der Waals surface area contributed by atoms with Crippen molar-refractivity contribution in [1.29, 1.82) is 0 Å². The second-order valence-electron chi connectivity index (χ2n) is 7.06. The maximum absolute atomic E-state index is 10.4. The average Bonchev–Trinajstić information content (AvgIpc) is 3.22.